The Morgan fingerprint density at radius 3 is 2.32 bits per heavy atom. The molecule has 2 rings (SSSR count). The Kier molecular flexibility index (Phi) is 8.07. The van der Waals surface area contributed by atoms with Crippen LogP contribution in [0.15, 0.2) is 48.5 Å². The van der Waals surface area contributed by atoms with E-state index in [0.717, 1.165) is 11.1 Å². The molecule has 0 aliphatic heterocycles. The van der Waals surface area contributed by atoms with Gasteiger partial charge in [-0.05, 0) is 56.0 Å². The first-order valence-electron chi connectivity index (χ1n) is 8.94. The van der Waals surface area contributed by atoms with E-state index in [4.69, 9.17) is 0 Å². The van der Waals surface area contributed by atoms with Crippen LogP contribution in [0.1, 0.15) is 38.3 Å². The molecule has 2 aromatic carbocycles. The standard InChI is InChI=1S/C21H25N3O3S/c1-14-9-10-17(15(2)13-14)20(26)23-24-21(27)18(11-12-28-3)22-19(25)16-7-5-4-6-8-16/h4-10,13,18H,11-12H2,1-3H3,(H,22,25)(H,23,26)(H,24,27)/t18-/m1/s1. The van der Waals surface area contributed by atoms with E-state index in [1.165, 1.54) is 0 Å². The topological polar surface area (TPSA) is 87.3 Å². The van der Waals surface area contributed by atoms with E-state index in [-0.39, 0.29) is 5.91 Å². The molecule has 0 bridgehead atoms. The van der Waals surface area contributed by atoms with Gasteiger partial charge < -0.3 is 5.32 Å². The van der Waals surface area contributed by atoms with Gasteiger partial charge in [0.15, 0.2) is 0 Å². The van der Waals surface area contributed by atoms with Crippen molar-refractivity contribution in [1.82, 2.24) is 16.2 Å². The van der Waals surface area contributed by atoms with Crippen molar-refractivity contribution in [2.45, 2.75) is 26.3 Å². The van der Waals surface area contributed by atoms with E-state index >= 15 is 0 Å². The number of carbonyl (C=O) groups is 3. The van der Waals surface area contributed by atoms with Crippen LogP contribution in [0.4, 0.5) is 0 Å². The van der Waals surface area contributed by atoms with Crippen molar-refractivity contribution in [3.8, 4) is 0 Å². The maximum absolute atomic E-state index is 12.5. The van der Waals surface area contributed by atoms with Gasteiger partial charge in [-0.15, -0.1) is 0 Å². The Morgan fingerprint density at radius 1 is 0.964 bits per heavy atom. The van der Waals surface area contributed by atoms with Crippen molar-refractivity contribution in [3.63, 3.8) is 0 Å². The van der Waals surface area contributed by atoms with Crippen molar-refractivity contribution in [3.05, 3.63) is 70.8 Å². The fourth-order valence-corrected chi connectivity index (χ4v) is 3.15. The van der Waals surface area contributed by atoms with E-state index in [0.29, 0.717) is 23.3 Å². The van der Waals surface area contributed by atoms with Crippen LogP contribution in [-0.2, 0) is 4.79 Å². The molecule has 0 radical (unpaired) electrons. The second-order valence-electron chi connectivity index (χ2n) is 6.44. The molecule has 148 valence electrons. The fourth-order valence-electron chi connectivity index (χ4n) is 2.68. The molecule has 0 aliphatic rings. The van der Waals surface area contributed by atoms with Crippen molar-refractivity contribution in [2.75, 3.05) is 12.0 Å². The number of hydrogen-bond donors (Lipinski definition) is 3. The van der Waals surface area contributed by atoms with Gasteiger partial charge in [0.05, 0.1) is 0 Å². The molecule has 7 heteroatoms. The number of thioether (sulfide) groups is 1. The molecule has 1 atom stereocenters. The number of benzene rings is 2. The minimum atomic E-state index is -0.750. The van der Waals surface area contributed by atoms with E-state index in [1.807, 2.05) is 38.3 Å². The molecule has 0 heterocycles. The number of carbonyl (C=O) groups excluding carboxylic acids is 3. The summed E-state index contributed by atoms with van der Waals surface area (Å²) < 4.78 is 0. The minimum absolute atomic E-state index is 0.331. The predicted octanol–water partition coefficient (Wildman–Crippen LogP) is 2.62. The highest BCUT2D eigenvalue weighted by Gasteiger charge is 2.22. The Labute approximate surface area is 169 Å². The zero-order valence-electron chi connectivity index (χ0n) is 16.2. The fraction of sp³-hybridized carbons (Fsp3) is 0.286. The maximum atomic E-state index is 12.5. The summed E-state index contributed by atoms with van der Waals surface area (Å²) in [6.45, 7) is 3.79. The number of aryl methyl sites for hydroxylation is 2. The Hall–Kier alpha value is -2.80. The van der Waals surface area contributed by atoms with E-state index < -0.39 is 17.9 Å². The lowest BCUT2D eigenvalue weighted by Crippen LogP contribution is -2.52. The largest absolute Gasteiger partial charge is 0.340 e. The Balaban J connectivity index is 2.00. The molecule has 2 aromatic rings. The monoisotopic (exact) mass is 399 g/mol. The molecule has 6 nitrogen and oxygen atoms in total. The quantitative estimate of drug-likeness (QED) is 0.625. The van der Waals surface area contributed by atoms with Crippen molar-refractivity contribution >= 4 is 29.5 Å². The summed E-state index contributed by atoms with van der Waals surface area (Å²) in [6, 6.07) is 13.4. The highest BCUT2D eigenvalue weighted by Crippen LogP contribution is 2.10. The number of rotatable bonds is 7. The average molecular weight is 400 g/mol. The summed E-state index contributed by atoms with van der Waals surface area (Å²) in [6.07, 6.45) is 2.38. The maximum Gasteiger partial charge on any atom is 0.269 e. The second kappa shape index (κ2) is 10.5. The average Bonchev–Trinajstić information content (AvgIpc) is 2.69. The van der Waals surface area contributed by atoms with Crippen LogP contribution in [0.5, 0.6) is 0 Å². The van der Waals surface area contributed by atoms with Gasteiger partial charge in [0.25, 0.3) is 17.7 Å². The van der Waals surface area contributed by atoms with Crippen molar-refractivity contribution in [1.29, 1.82) is 0 Å². The third-order valence-corrected chi connectivity index (χ3v) is 4.84. The van der Waals surface area contributed by atoms with Gasteiger partial charge in [0.1, 0.15) is 6.04 Å². The molecular formula is C21H25N3O3S. The third kappa shape index (κ3) is 6.13. The molecule has 0 unspecified atom stereocenters. The highest BCUT2D eigenvalue weighted by molar-refractivity contribution is 7.98. The summed E-state index contributed by atoms with van der Waals surface area (Å²) in [5.74, 6) is -0.499. The Bertz CT molecular complexity index is 840. The lowest BCUT2D eigenvalue weighted by Gasteiger charge is -2.19. The van der Waals surface area contributed by atoms with Gasteiger partial charge in [0, 0.05) is 11.1 Å². The molecule has 0 saturated carbocycles. The second-order valence-corrected chi connectivity index (χ2v) is 7.42. The van der Waals surface area contributed by atoms with Gasteiger partial charge in [-0.25, -0.2) is 0 Å². The first kappa shape index (κ1) is 21.5. The van der Waals surface area contributed by atoms with Crippen molar-refractivity contribution < 1.29 is 14.4 Å². The molecule has 0 aliphatic carbocycles. The van der Waals surface area contributed by atoms with Crippen LogP contribution in [-0.4, -0.2) is 35.8 Å². The highest BCUT2D eigenvalue weighted by atomic mass is 32.2. The van der Waals surface area contributed by atoms with Crippen LogP contribution in [0.2, 0.25) is 0 Å². The normalized spacial score (nSPS) is 11.4. The summed E-state index contributed by atoms with van der Waals surface area (Å²) in [4.78, 5) is 37.3. The van der Waals surface area contributed by atoms with Crippen LogP contribution in [0, 0.1) is 13.8 Å². The summed E-state index contributed by atoms with van der Waals surface area (Å²) in [5.41, 5.74) is 7.70. The number of nitrogens with one attached hydrogen (secondary N) is 3. The molecule has 3 N–H and O–H groups in total. The molecule has 28 heavy (non-hydrogen) atoms. The molecular weight excluding hydrogens is 374 g/mol. The van der Waals surface area contributed by atoms with E-state index in [9.17, 15) is 14.4 Å². The van der Waals surface area contributed by atoms with Crippen LogP contribution < -0.4 is 16.2 Å². The molecule has 0 aromatic heterocycles. The number of hydrazine groups is 1. The molecule has 0 saturated heterocycles. The summed E-state index contributed by atoms with van der Waals surface area (Å²) >= 11 is 1.58. The summed E-state index contributed by atoms with van der Waals surface area (Å²) in [5, 5.41) is 2.73. The minimum Gasteiger partial charge on any atom is -0.340 e. The summed E-state index contributed by atoms with van der Waals surface area (Å²) in [7, 11) is 0. The smallest absolute Gasteiger partial charge is 0.269 e. The van der Waals surface area contributed by atoms with E-state index in [1.54, 1.807) is 42.1 Å². The zero-order valence-corrected chi connectivity index (χ0v) is 17.1. The van der Waals surface area contributed by atoms with Crippen molar-refractivity contribution in [2.24, 2.45) is 0 Å². The SMILES string of the molecule is CSCC[C@@H](NC(=O)c1ccccc1)C(=O)NNC(=O)c1ccc(C)cc1C. The van der Waals surface area contributed by atoms with Gasteiger partial charge in [0.2, 0.25) is 0 Å². The number of amides is 3. The first-order valence-corrected chi connectivity index (χ1v) is 10.3. The lowest BCUT2D eigenvalue weighted by molar-refractivity contribution is -0.123. The predicted molar refractivity (Wildman–Crippen MR) is 112 cm³/mol. The first-order chi connectivity index (χ1) is 13.4. The van der Waals surface area contributed by atoms with Gasteiger partial charge in [-0.1, -0.05) is 35.9 Å². The number of hydrogen-bond acceptors (Lipinski definition) is 4. The molecule has 3 amide bonds. The van der Waals surface area contributed by atoms with Gasteiger partial charge >= 0.3 is 0 Å². The molecule has 0 fully saturated rings. The van der Waals surface area contributed by atoms with Gasteiger partial charge in [-0.3, -0.25) is 25.2 Å². The van der Waals surface area contributed by atoms with Gasteiger partial charge in [-0.2, -0.15) is 11.8 Å². The van der Waals surface area contributed by atoms with Crippen LogP contribution in [0.3, 0.4) is 0 Å². The Morgan fingerprint density at radius 2 is 1.68 bits per heavy atom. The molecule has 0 spiro atoms. The lowest BCUT2D eigenvalue weighted by atomic mass is 10.1. The van der Waals surface area contributed by atoms with Crippen LogP contribution >= 0.6 is 11.8 Å². The van der Waals surface area contributed by atoms with Crippen LogP contribution in [0.25, 0.3) is 0 Å². The zero-order chi connectivity index (χ0) is 20.5. The van der Waals surface area contributed by atoms with E-state index in [2.05, 4.69) is 16.2 Å². The third-order valence-electron chi connectivity index (χ3n) is 4.19.